The molecule has 0 bridgehead atoms. The van der Waals surface area contributed by atoms with E-state index < -0.39 is 0 Å². The molecule has 0 aliphatic rings. The summed E-state index contributed by atoms with van der Waals surface area (Å²) in [6.07, 6.45) is 1.42. The maximum absolute atomic E-state index is 3.70. The highest BCUT2D eigenvalue weighted by Crippen LogP contribution is 2.28. The third-order valence-corrected chi connectivity index (χ3v) is 4.86. The van der Waals surface area contributed by atoms with Crippen LogP contribution in [-0.2, 0) is 13.1 Å². The van der Waals surface area contributed by atoms with Crippen molar-refractivity contribution < 1.29 is 0 Å². The zero-order valence-corrected chi connectivity index (χ0v) is 15.5. The Hall–Kier alpha value is -1.64. The lowest BCUT2D eigenvalue weighted by molar-refractivity contribution is 0.208. The van der Waals surface area contributed by atoms with E-state index in [1.54, 1.807) is 0 Å². The van der Waals surface area contributed by atoms with Crippen molar-refractivity contribution in [2.45, 2.75) is 53.4 Å². The fourth-order valence-corrected chi connectivity index (χ4v) is 2.62. The summed E-state index contributed by atoms with van der Waals surface area (Å²) in [5.41, 5.74) is 2.97. The van der Waals surface area contributed by atoms with Crippen LogP contribution in [0, 0.1) is 11.3 Å². The fourth-order valence-electron chi connectivity index (χ4n) is 2.62. The standard InChI is InChI=1S/C22H32N2/c1-18(22(2,3)4)15-21(23-16-19-11-7-5-8-12-19)24-17-20-13-9-6-10-14-20/h5-14,18,21,23-24H,15-17H2,1-4H3. The van der Waals surface area contributed by atoms with Crippen molar-refractivity contribution in [3.05, 3.63) is 71.8 Å². The van der Waals surface area contributed by atoms with Gasteiger partial charge in [-0.1, -0.05) is 88.4 Å². The monoisotopic (exact) mass is 324 g/mol. The molecule has 0 amide bonds. The van der Waals surface area contributed by atoms with Crippen LogP contribution in [0.5, 0.6) is 0 Å². The van der Waals surface area contributed by atoms with Crippen molar-refractivity contribution in [3.8, 4) is 0 Å². The molecule has 1 atom stereocenters. The van der Waals surface area contributed by atoms with Crippen LogP contribution in [0.4, 0.5) is 0 Å². The molecule has 2 aromatic carbocycles. The van der Waals surface area contributed by atoms with Gasteiger partial charge < -0.3 is 0 Å². The zero-order valence-electron chi connectivity index (χ0n) is 15.5. The van der Waals surface area contributed by atoms with E-state index in [4.69, 9.17) is 0 Å². The SMILES string of the molecule is CC(CC(NCc1ccccc1)NCc1ccccc1)C(C)(C)C. The van der Waals surface area contributed by atoms with Crippen LogP contribution in [-0.4, -0.2) is 6.17 Å². The molecule has 0 aliphatic carbocycles. The molecular weight excluding hydrogens is 292 g/mol. The summed E-state index contributed by atoms with van der Waals surface area (Å²) in [5, 5.41) is 7.40. The molecule has 0 spiro atoms. The van der Waals surface area contributed by atoms with Crippen molar-refractivity contribution >= 4 is 0 Å². The third kappa shape index (κ3) is 6.46. The Morgan fingerprint density at radius 3 is 1.54 bits per heavy atom. The molecule has 1 unspecified atom stereocenters. The van der Waals surface area contributed by atoms with E-state index in [1.807, 2.05) is 0 Å². The number of hydrogen-bond donors (Lipinski definition) is 2. The van der Waals surface area contributed by atoms with E-state index in [9.17, 15) is 0 Å². The van der Waals surface area contributed by atoms with Crippen molar-refractivity contribution in [2.24, 2.45) is 11.3 Å². The normalized spacial score (nSPS) is 13.2. The summed E-state index contributed by atoms with van der Waals surface area (Å²) >= 11 is 0. The predicted molar refractivity (Wildman–Crippen MR) is 104 cm³/mol. The average molecular weight is 325 g/mol. The molecule has 0 saturated carbocycles. The van der Waals surface area contributed by atoms with Crippen molar-refractivity contribution in [2.75, 3.05) is 0 Å². The Balaban J connectivity index is 1.94. The van der Waals surface area contributed by atoms with E-state index >= 15 is 0 Å². The molecule has 2 nitrogen and oxygen atoms in total. The van der Waals surface area contributed by atoms with Gasteiger partial charge in [0.05, 0.1) is 6.17 Å². The molecule has 2 N–H and O–H groups in total. The van der Waals surface area contributed by atoms with Gasteiger partial charge in [-0.3, -0.25) is 10.6 Å². The van der Waals surface area contributed by atoms with Gasteiger partial charge in [0, 0.05) is 13.1 Å². The van der Waals surface area contributed by atoms with Gasteiger partial charge in [0.1, 0.15) is 0 Å². The van der Waals surface area contributed by atoms with Crippen LogP contribution in [0.15, 0.2) is 60.7 Å². The lowest BCUT2D eigenvalue weighted by atomic mass is 9.79. The van der Waals surface area contributed by atoms with Gasteiger partial charge in [-0.15, -0.1) is 0 Å². The minimum Gasteiger partial charge on any atom is -0.298 e. The van der Waals surface area contributed by atoms with Crippen LogP contribution in [0.25, 0.3) is 0 Å². The molecule has 2 aromatic rings. The van der Waals surface area contributed by atoms with Gasteiger partial charge >= 0.3 is 0 Å². The Morgan fingerprint density at radius 1 is 0.750 bits per heavy atom. The maximum atomic E-state index is 3.70. The van der Waals surface area contributed by atoms with Crippen LogP contribution in [0.3, 0.4) is 0 Å². The molecule has 2 rings (SSSR count). The van der Waals surface area contributed by atoms with Crippen LogP contribution >= 0.6 is 0 Å². The lowest BCUT2D eigenvalue weighted by Gasteiger charge is -2.32. The Morgan fingerprint density at radius 2 is 1.17 bits per heavy atom. The summed E-state index contributed by atoms with van der Waals surface area (Å²) in [7, 11) is 0. The molecule has 24 heavy (non-hydrogen) atoms. The number of rotatable bonds is 8. The highest BCUT2D eigenvalue weighted by atomic mass is 15.1. The smallest absolute Gasteiger partial charge is 0.0579 e. The third-order valence-electron chi connectivity index (χ3n) is 4.86. The van der Waals surface area contributed by atoms with Gasteiger partial charge in [0.15, 0.2) is 0 Å². The van der Waals surface area contributed by atoms with E-state index in [-0.39, 0.29) is 0 Å². The average Bonchev–Trinajstić information content (AvgIpc) is 2.58. The first kappa shape index (κ1) is 18.7. The highest BCUT2D eigenvalue weighted by molar-refractivity contribution is 5.15. The van der Waals surface area contributed by atoms with Crippen molar-refractivity contribution in [1.82, 2.24) is 10.6 Å². The van der Waals surface area contributed by atoms with Gasteiger partial charge in [-0.05, 0) is 28.9 Å². The maximum Gasteiger partial charge on any atom is 0.0579 e. The van der Waals surface area contributed by atoms with Crippen molar-refractivity contribution in [3.63, 3.8) is 0 Å². The van der Waals surface area contributed by atoms with Crippen LogP contribution in [0.1, 0.15) is 45.2 Å². The summed E-state index contributed by atoms with van der Waals surface area (Å²) in [6, 6.07) is 21.2. The van der Waals surface area contributed by atoms with Gasteiger partial charge in [0.2, 0.25) is 0 Å². The summed E-state index contributed by atoms with van der Waals surface area (Å²) in [6.45, 7) is 11.1. The highest BCUT2D eigenvalue weighted by Gasteiger charge is 2.23. The zero-order chi connectivity index (χ0) is 17.4. The minimum absolute atomic E-state index is 0.305. The predicted octanol–water partition coefficient (Wildman–Crippen LogP) is 4.96. The summed E-state index contributed by atoms with van der Waals surface area (Å²) < 4.78 is 0. The first-order valence-corrected chi connectivity index (χ1v) is 9.00. The van der Waals surface area contributed by atoms with Crippen LogP contribution < -0.4 is 10.6 Å². The van der Waals surface area contributed by atoms with Gasteiger partial charge in [-0.2, -0.15) is 0 Å². The molecular formula is C22H32N2. The first-order valence-electron chi connectivity index (χ1n) is 9.00. The second-order valence-corrected chi connectivity index (χ2v) is 7.79. The van der Waals surface area contributed by atoms with Gasteiger partial charge in [-0.25, -0.2) is 0 Å². The van der Waals surface area contributed by atoms with E-state index in [0.29, 0.717) is 17.5 Å². The van der Waals surface area contributed by atoms with Crippen LogP contribution in [0.2, 0.25) is 0 Å². The van der Waals surface area contributed by atoms with E-state index in [0.717, 1.165) is 19.5 Å². The fraction of sp³-hybridized carbons (Fsp3) is 0.455. The molecule has 0 aromatic heterocycles. The lowest BCUT2D eigenvalue weighted by Crippen LogP contribution is -2.44. The number of nitrogens with one attached hydrogen (secondary N) is 2. The summed E-state index contributed by atoms with van der Waals surface area (Å²) in [4.78, 5) is 0. The molecule has 0 heterocycles. The molecule has 0 fully saturated rings. The molecule has 130 valence electrons. The Bertz CT molecular complexity index is 528. The molecule has 0 saturated heterocycles. The van der Waals surface area contributed by atoms with Gasteiger partial charge in [0.25, 0.3) is 0 Å². The Labute approximate surface area is 147 Å². The number of hydrogen-bond acceptors (Lipinski definition) is 2. The second-order valence-electron chi connectivity index (χ2n) is 7.79. The number of benzene rings is 2. The summed E-state index contributed by atoms with van der Waals surface area (Å²) in [5.74, 6) is 0.633. The largest absolute Gasteiger partial charge is 0.298 e. The van der Waals surface area contributed by atoms with E-state index in [1.165, 1.54) is 11.1 Å². The first-order chi connectivity index (χ1) is 11.4. The quantitative estimate of drug-likeness (QED) is 0.670. The van der Waals surface area contributed by atoms with Crippen molar-refractivity contribution in [1.29, 1.82) is 0 Å². The van der Waals surface area contributed by atoms with E-state index in [2.05, 4.69) is 99.0 Å². The second kappa shape index (κ2) is 9.00. The molecule has 2 heteroatoms. The topological polar surface area (TPSA) is 24.1 Å². The minimum atomic E-state index is 0.305. The Kier molecular flexibility index (Phi) is 7.01. The molecule has 0 aliphatic heterocycles. The molecule has 0 radical (unpaired) electrons.